The summed E-state index contributed by atoms with van der Waals surface area (Å²) in [5, 5.41) is 9.84. The van der Waals surface area contributed by atoms with Crippen LogP contribution >= 0.6 is 11.6 Å². The molecule has 0 heterocycles. The molecule has 1 rings (SSSR count). The van der Waals surface area contributed by atoms with Gasteiger partial charge in [-0.1, -0.05) is 11.6 Å². The Morgan fingerprint density at radius 2 is 2.20 bits per heavy atom. The Morgan fingerprint density at radius 3 is 2.67 bits per heavy atom. The van der Waals surface area contributed by atoms with Crippen molar-refractivity contribution in [2.75, 3.05) is 20.3 Å². The van der Waals surface area contributed by atoms with Gasteiger partial charge in [0.25, 0.3) is 0 Å². The van der Waals surface area contributed by atoms with E-state index in [0.29, 0.717) is 11.6 Å². The van der Waals surface area contributed by atoms with Crippen molar-refractivity contribution >= 4 is 11.6 Å². The molecule has 1 aromatic rings. The van der Waals surface area contributed by atoms with E-state index >= 15 is 0 Å². The molecule has 15 heavy (non-hydrogen) atoms. The Labute approximate surface area is 94.8 Å². The minimum Gasteiger partial charge on any atom is -0.496 e. The van der Waals surface area contributed by atoms with Gasteiger partial charge in [-0.2, -0.15) is 0 Å². The van der Waals surface area contributed by atoms with Crippen molar-refractivity contribution in [1.82, 2.24) is 0 Å². The van der Waals surface area contributed by atoms with Crippen LogP contribution in [0.5, 0.6) is 5.75 Å². The number of methoxy groups -OCH3 is 1. The number of halogens is 1. The second-order valence-electron chi connectivity index (χ2n) is 3.46. The number of hydrogen-bond acceptors (Lipinski definition) is 3. The van der Waals surface area contributed by atoms with Crippen LogP contribution in [-0.2, 0) is 0 Å². The van der Waals surface area contributed by atoms with E-state index in [2.05, 4.69) is 0 Å². The van der Waals surface area contributed by atoms with Gasteiger partial charge in [0.2, 0.25) is 0 Å². The van der Waals surface area contributed by atoms with E-state index in [9.17, 15) is 5.11 Å². The monoisotopic (exact) mass is 229 g/mol. The number of rotatable bonds is 4. The molecule has 1 aromatic carbocycles. The smallest absolute Gasteiger partial charge is 0.125 e. The second-order valence-corrected chi connectivity index (χ2v) is 3.90. The molecule has 1 atom stereocenters. The molecule has 0 fully saturated rings. The topological polar surface area (TPSA) is 55.5 Å². The zero-order chi connectivity index (χ0) is 11.4. The standard InChI is InChI=1S/C11H16ClNO2/c1-7-3-9(12)4-10(11(7)15-2)8(5-13)6-14/h3-4,8,14H,5-6,13H2,1-2H3. The maximum absolute atomic E-state index is 9.20. The van der Waals surface area contributed by atoms with Gasteiger partial charge in [-0.25, -0.2) is 0 Å². The Morgan fingerprint density at radius 1 is 1.53 bits per heavy atom. The number of aryl methyl sites for hydroxylation is 1. The summed E-state index contributed by atoms with van der Waals surface area (Å²) in [6, 6.07) is 3.62. The molecule has 84 valence electrons. The molecule has 0 radical (unpaired) electrons. The lowest BCUT2D eigenvalue weighted by atomic mass is 9.97. The fourth-order valence-corrected chi connectivity index (χ4v) is 1.92. The summed E-state index contributed by atoms with van der Waals surface area (Å²) >= 11 is 5.96. The molecule has 3 N–H and O–H groups in total. The fourth-order valence-electron chi connectivity index (χ4n) is 1.64. The van der Waals surface area contributed by atoms with Crippen molar-refractivity contribution in [3.05, 3.63) is 28.3 Å². The van der Waals surface area contributed by atoms with Gasteiger partial charge < -0.3 is 15.6 Å². The van der Waals surface area contributed by atoms with Gasteiger partial charge in [-0.3, -0.25) is 0 Å². The van der Waals surface area contributed by atoms with E-state index in [1.165, 1.54) is 0 Å². The molecular weight excluding hydrogens is 214 g/mol. The molecule has 3 nitrogen and oxygen atoms in total. The predicted molar refractivity (Wildman–Crippen MR) is 61.6 cm³/mol. The molecule has 0 aliphatic carbocycles. The van der Waals surface area contributed by atoms with E-state index < -0.39 is 0 Å². The molecule has 1 unspecified atom stereocenters. The Hall–Kier alpha value is -0.770. The zero-order valence-corrected chi connectivity index (χ0v) is 9.71. The Bertz CT molecular complexity index is 338. The first-order valence-corrected chi connectivity index (χ1v) is 5.16. The number of aliphatic hydroxyl groups excluding tert-OH is 1. The summed E-state index contributed by atoms with van der Waals surface area (Å²) in [5.41, 5.74) is 7.40. The molecule has 4 heteroatoms. The van der Waals surface area contributed by atoms with Crippen molar-refractivity contribution in [1.29, 1.82) is 0 Å². The lowest BCUT2D eigenvalue weighted by molar-refractivity contribution is 0.264. The third-order valence-electron chi connectivity index (χ3n) is 2.42. The van der Waals surface area contributed by atoms with Gasteiger partial charge in [0.1, 0.15) is 5.75 Å². The minimum atomic E-state index is -0.127. The van der Waals surface area contributed by atoms with Crippen LogP contribution in [0.25, 0.3) is 0 Å². The van der Waals surface area contributed by atoms with Gasteiger partial charge in [0.05, 0.1) is 13.7 Å². The normalized spacial score (nSPS) is 12.6. The van der Waals surface area contributed by atoms with E-state index in [4.69, 9.17) is 22.1 Å². The number of aliphatic hydroxyl groups is 1. The van der Waals surface area contributed by atoms with Crippen molar-refractivity contribution in [3.63, 3.8) is 0 Å². The summed E-state index contributed by atoms with van der Waals surface area (Å²) in [6.07, 6.45) is 0. The molecule has 0 spiro atoms. The number of hydrogen-bond donors (Lipinski definition) is 2. The SMILES string of the molecule is COc1c(C)cc(Cl)cc1C(CN)CO. The largest absolute Gasteiger partial charge is 0.496 e. The quantitative estimate of drug-likeness (QED) is 0.826. The molecule has 0 amide bonds. The van der Waals surface area contributed by atoms with Crippen LogP contribution in [0.3, 0.4) is 0 Å². The molecule has 0 aromatic heterocycles. The van der Waals surface area contributed by atoms with Crippen molar-refractivity contribution in [2.24, 2.45) is 5.73 Å². The summed E-state index contributed by atoms with van der Waals surface area (Å²) in [4.78, 5) is 0. The molecule has 0 saturated heterocycles. The highest BCUT2D eigenvalue weighted by molar-refractivity contribution is 6.30. The van der Waals surface area contributed by atoms with E-state index in [0.717, 1.165) is 16.9 Å². The van der Waals surface area contributed by atoms with E-state index in [-0.39, 0.29) is 12.5 Å². The van der Waals surface area contributed by atoms with Crippen LogP contribution in [0.15, 0.2) is 12.1 Å². The Kier molecular flexibility index (Phi) is 4.39. The summed E-state index contributed by atoms with van der Waals surface area (Å²) in [5.74, 6) is 0.626. The summed E-state index contributed by atoms with van der Waals surface area (Å²) in [6.45, 7) is 2.28. The number of ether oxygens (including phenoxy) is 1. The van der Waals surface area contributed by atoms with Crippen molar-refractivity contribution < 1.29 is 9.84 Å². The van der Waals surface area contributed by atoms with E-state index in [1.807, 2.05) is 13.0 Å². The highest BCUT2D eigenvalue weighted by Crippen LogP contribution is 2.32. The van der Waals surface area contributed by atoms with Gasteiger partial charge >= 0.3 is 0 Å². The molecule has 0 bridgehead atoms. The lowest BCUT2D eigenvalue weighted by Crippen LogP contribution is -2.17. The third kappa shape index (κ3) is 2.62. The zero-order valence-electron chi connectivity index (χ0n) is 8.96. The maximum atomic E-state index is 9.20. The Balaban J connectivity index is 3.24. The second kappa shape index (κ2) is 5.35. The average molecular weight is 230 g/mol. The van der Waals surface area contributed by atoms with Gasteiger partial charge in [0.15, 0.2) is 0 Å². The van der Waals surface area contributed by atoms with Crippen molar-refractivity contribution in [2.45, 2.75) is 12.8 Å². The first kappa shape index (κ1) is 12.3. The van der Waals surface area contributed by atoms with Crippen LogP contribution in [-0.4, -0.2) is 25.4 Å². The summed E-state index contributed by atoms with van der Waals surface area (Å²) < 4.78 is 5.29. The van der Waals surface area contributed by atoms with Crippen LogP contribution in [0, 0.1) is 6.92 Å². The van der Waals surface area contributed by atoms with Crippen LogP contribution in [0.4, 0.5) is 0 Å². The van der Waals surface area contributed by atoms with Gasteiger partial charge in [0, 0.05) is 23.0 Å². The first-order chi connectivity index (χ1) is 7.13. The predicted octanol–water partition coefficient (Wildman–Crippen LogP) is 1.69. The fraction of sp³-hybridized carbons (Fsp3) is 0.455. The van der Waals surface area contributed by atoms with E-state index in [1.54, 1.807) is 13.2 Å². The highest BCUT2D eigenvalue weighted by atomic mass is 35.5. The van der Waals surface area contributed by atoms with Crippen LogP contribution in [0.1, 0.15) is 17.0 Å². The van der Waals surface area contributed by atoms with Crippen LogP contribution in [0.2, 0.25) is 5.02 Å². The maximum Gasteiger partial charge on any atom is 0.125 e. The van der Waals surface area contributed by atoms with Gasteiger partial charge in [-0.05, 0) is 24.6 Å². The first-order valence-electron chi connectivity index (χ1n) is 4.79. The average Bonchev–Trinajstić information content (AvgIpc) is 2.19. The third-order valence-corrected chi connectivity index (χ3v) is 2.64. The van der Waals surface area contributed by atoms with Crippen LogP contribution < -0.4 is 10.5 Å². The number of nitrogens with two attached hydrogens (primary N) is 1. The summed E-state index contributed by atoms with van der Waals surface area (Å²) in [7, 11) is 1.60. The minimum absolute atomic E-state index is 0.00730. The molecular formula is C11H16ClNO2. The lowest BCUT2D eigenvalue weighted by Gasteiger charge is -2.18. The molecule has 0 aliphatic rings. The molecule has 0 saturated carbocycles. The number of benzene rings is 1. The molecule has 0 aliphatic heterocycles. The van der Waals surface area contributed by atoms with Crippen molar-refractivity contribution in [3.8, 4) is 5.75 Å². The highest BCUT2D eigenvalue weighted by Gasteiger charge is 2.16. The van der Waals surface area contributed by atoms with Gasteiger partial charge in [-0.15, -0.1) is 0 Å².